The quantitative estimate of drug-likeness (QED) is 0.398. The van der Waals surface area contributed by atoms with E-state index in [4.69, 9.17) is 20.8 Å². The number of thiazole rings is 1. The number of fused-ring (bicyclic) bond motifs is 1. The Morgan fingerprint density at radius 1 is 1.14 bits per heavy atom. The Hall–Kier alpha value is -2.67. The molecule has 0 aliphatic rings. The second-order valence-corrected chi connectivity index (χ2v) is 8.14. The molecule has 0 aliphatic carbocycles. The number of hydrogen-bond donors (Lipinski definition) is 0. The first-order chi connectivity index (χ1) is 14.1. The van der Waals surface area contributed by atoms with Crippen LogP contribution >= 0.6 is 22.9 Å². The van der Waals surface area contributed by atoms with Crippen molar-refractivity contribution in [1.82, 2.24) is 9.88 Å². The normalized spacial score (nSPS) is 11.1. The van der Waals surface area contributed by atoms with E-state index in [1.807, 2.05) is 60.7 Å². The minimum Gasteiger partial charge on any atom is -0.459 e. The maximum absolute atomic E-state index is 12.4. The molecule has 0 fully saturated rings. The van der Waals surface area contributed by atoms with Crippen molar-refractivity contribution in [2.45, 2.75) is 13.2 Å². The zero-order valence-corrected chi connectivity index (χ0v) is 17.4. The number of rotatable bonds is 7. The summed E-state index contributed by atoms with van der Waals surface area (Å²) in [6.45, 7) is 0.689. The fourth-order valence-corrected chi connectivity index (χ4v) is 3.90. The molecule has 5 nitrogen and oxygen atoms in total. The van der Waals surface area contributed by atoms with Crippen molar-refractivity contribution < 1.29 is 13.9 Å². The van der Waals surface area contributed by atoms with Crippen LogP contribution in [-0.4, -0.2) is 29.4 Å². The Labute approximate surface area is 177 Å². The molecule has 2 aromatic carbocycles. The second kappa shape index (κ2) is 8.78. The number of carbonyl (C=O) groups excluding carboxylic acids is 1. The molecule has 29 heavy (non-hydrogen) atoms. The van der Waals surface area contributed by atoms with Gasteiger partial charge in [0.25, 0.3) is 0 Å². The first-order valence-corrected chi connectivity index (χ1v) is 10.3. The van der Waals surface area contributed by atoms with Crippen LogP contribution in [0.3, 0.4) is 0 Å². The van der Waals surface area contributed by atoms with Crippen LogP contribution in [0.2, 0.25) is 5.02 Å². The van der Waals surface area contributed by atoms with Gasteiger partial charge in [-0.1, -0.05) is 23.7 Å². The first kappa shape index (κ1) is 19.6. The topological polar surface area (TPSA) is 55.6 Å². The van der Waals surface area contributed by atoms with Gasteiger partial charge in [0.05, 0.1) is 23.4 Å². The Kier molecular flexibility index (Phi) is 5.94. The lowest BCUT2D eigenvalue weighted by molar-refractivity contribution is -0.136. The number of para-hydroxylation sites is 1. The Morgan fingerprint density at radius 2 is 1.93 bits per heavy atom. The van der Waals surface area contributed by atoms with Crippen molar-refractivity contribution >= 4 is 39.1 Å². The molecule has 7 heteroatoms. The molecule has 4 rings (SSSR count). The minimum atomic E-state index is -0.115. The third-order valence-electron chi connectivity index (χ3n) is 4.40. The van der Waals surface area contributed by atoms with E-state index in [-0.39, 0.29) is 12.5 Å². The Balaban J connectivity index is 1.28. The average Bonchev–Trinajstić information content (AvgIpc) is 3.35. The Morgan fingerprint density at radius 3 is 2.72 bits per heavy atom. The van der Waals surface area contributed by atoms with Gasteiger partial charge in [0.15, 0.2) is 0 Å². The van der Waals surface area contributed by atoms with Crippen LogP contribution in [0, 0.1) is 0 Å². The molecule has 0 atom stereocenters. The predicted molar refractivity (Wildman–Crippen MR) is 115 cm³/mol. The van der Waals surface area contributed by atoms with Crippen molar-refractivity contribution in [1.29, 1.82) is 0 Å². The minimum absolute atomic E-state index is 0.00280. The largest absolute Gasteiger partial charge is 0.459 e. The lowest BCUT2D eigenvalue weighted by Gasteiger charge is -2.15. The number of amides is 1. The number of ether oxygens (including phenoxy) is 1. The summed E-state index contributed by atoms with van der Waals surface area (Å²) in [7, 11) is 1.73. The molecule has 4 aromatic rings. The average molecular weight is 427 g/mol. The van der Waals surface area contributed by atoms with E-state index in [2.05, 4.69) is 4.98 Å². The van der Waals surface area contributed by atoms with Gasteiger partial charge in [-0.3, -0.25) is 4.79 Å². The molecule has 0 saturated heterocycles. The number of hydrogen-bond acceptors (Lipinski definition) is 5. The SMILES string of the molecule is CN(Cc1ccc(-c2ccc(Cl)cc2)o1)C(=O)COCc1nc2ccccc2s1. The van der Waals surface area contributed by atoms with Gasteiger partial charge in [0.2, 0.25) is 5.91 Å². The number of benzene rings is 2. The number of carbonyl (C=O) groups is 1. The van der Waals surface area contributed by atoms with Crippen LogP contribution in [0.25, 0.3) is 21.5 Å². The van der Waals surface area contributed by atoms with Crippen LogP contribution in [0.15, 0.2) is 65.1 Å². The van der Waals surface area contributed by atoms with Crippen molar-refractivity contribution in [3.05, 3.63) is 76.5 Å². The summed E-state index contributed by atoms with van der Waals surface area (Å²) in [6.07, 6.45) is 0. The smallest absolute Gasteiger partial charge is 0.248 e. The van der Waals surface area contributed by atoms with Crippen LogP contribution in [0.1, 0.15) is 10.8 Å². The van der Waals surface area contributed by atoms with Crippen LogP contribution < -0.4 is 0 Å². The van der Waals surface area contributed by atoms with Crippen LogP contribution in [0.5, 0.6) is 0 Å². The molecule has 0 radical (unpaired) electrons. The summed E-state index contributed by atoms with van der Waals surface area (Å²) in [5, 5.41) is 1.54. The van der Waals surface area contributed by atoms with Gasteiger partial charge in [-0.05, 0) is 48.5 Å². The highest BCUT2D eigenvalue weighted by Crippen LogP contribution is 2.24. The molecule has 148 valence electrons. The summed E-state index contributed by atoms with van der Waals surface area (Å²) in [5.41, 5.74) is 1.89. The highest BCUT2D eigenvalue weighted by Gasteiger charge is 2.13. The van der Waals surface area contributed by atoms with Gasteiger partial charge < -0.3 is 14.1 Å². The fourth-order valence-electron chi connectivity index (χ4n) is 2.87. The molecule has 0 bridgehead atoms. The number of halogens is 1. The van der Waals surface area contributed by atoms with E-state index in [0.29, 0.717) is 23.9 Å². The summed E-state index contributed by atoms with van der Waals surface area (Å²) >= 11 is 7.50. The number of likely N-dealkylation sites (N-methyl/N-ethyl adjacent to an activating group) is 1. The lowest BCUT2D eigenvalue weighted by Crippen LogP contribution is -2.29. The molecule has 0 saturated carbocycles. The van der Waals surface area contributed by atoms with E-state index >= 15 is 0 Å². The molecule has 2 heterocycles. The number of furan rings is 1. The molecular weight excluding hydrogens is 408 g/mol. The second-order valence-electron chi connectivity index (χ2n) is 6.59. The molecule has 0 spiro atoms. The van der Waals surface area contributed by atoms with E-state index in [0.717, 1.165) is 26.5 Å². The predicted octanol–water partition coefficient (Wildman–Crippen LogP) is 5.38. The number of nitrogens with zero attached hydrogens (tertiary/aromatic N) is 2. The van der Waals surface area contributed by atoms with E-state index in [1.165, 1.54) is 0 Å². The highest BCUT2D eigenvalue weighted by atomic mass is 35.5. The summed E-state index contributed by atoms with van der Waals surface area (Å²) in [6, 6.07) is 19.1. The number of aromatic nitrogens is 1. The zero-order chi connectivity index (χ0) is 20.2. The monoisotopic (exact) mass is 426 g/mol. The van der Waals surface area contributed by atoms with E-state index in [1.54, 1.807) is 23.3 Å². The summed E-state index contributed by atoms with van der Waals surface area (Å²) in [4.78, 5) is 18.4. The molecule has 0 aliphatic heterocycles. The van der Waals surface area contributed by atoms with Crippen molar-refractivity contribution in [3.63, 3.8) is 0 Å². The van der Waals surface area contributed by atoms with Crippen LogP contribution in [0.4, 0.5) is 0 Å². The third-order valence-corrected chi connectivity index (χ3v) is 5.66. The van der Waals surface area contributed by atoms with E-state index in [9.17, 15) is 4.79 Å². The molecule has 0 unspecified atom stereocenters. The maximum atomic E-state index is 12.4. The van der Waals surface area contributed by atoms with Crippen molar-refractivity contribution in [3.8, 4) is 11.3 Å². The third kappa shape index (κ3) is 4.85. The summed E-state index contributed by atoms with van der Waals surface area (Å²) < 4.78 is 12.5. The standard InChI is InChI=1S/C22H19ClN2O3S/c1-25(12-17-10-11-19(28-17)15-6-8-16(23)9-7-15)22(26)14-27-13-21-24-18-4-2-3-5-20(18)29-21/h2-11H,12-14H2,1H3. The zero-order valence-electron chi connectivity index (χ0n) is 15.8. The van der Waals surface area contributed by atoms with Gasteiger partial charge in [-0.15, -0.1) is 11.3 Å². The Bertz CT molecular complexity index is 1090. The molecule has 1 amide bonds. The first-order valence-electron chi connectivity index (χ1n) is 9.09. The van der Waals surface area contributed by atoms with Crippen LogP contribution in [-0.2, 0) is 22.7 Å². The van der Waals surface area contributed by atoms with Gasteiger partial charge in [-0.25, -0.2) is 4.98 Å². The maximum Gasteiger partial charge on any atom is 0.248 e. The lowest BCUT2D eigenvalue weighted by atomic mass is 10.2. The van der Waals surface area contributed by atoms with Gasteiger partial charge in [0.1, 0.15) is 23.1 Å². The fraction of sp³-hybridized carbons (Fsp3) is 0.182. The highest BCUT2D eigenvalue weighted by molar-refractivity contribution is 7.18. The van der Waals surface area contributed by atoms with Crippen molar-refractivity contribution in [2.24, 2.45) is 0 Å². The van der Waals surface area contributed by atoms with Gasteiger partial charge in [-0.2, -0.15) is 0 Å². The molecular formula is C22H19ClN2O3S. The molecule has 2 aromatic heterocycles. The summed E-state index contributed by atoms with van der Waals surface area (Å²) in [5.74, 6) is 1.33. The molecule has 0 N–H and O–H groups in total. The van der Waals surface area contributed by atoms with E-state index < -0.39 is 0 Å². The van der Waals surface area contributed by atoms with Crippen molar-refractivity contribution in [2.75, 3.05) is 13.7 Å². The van der Waals surface area contributed by atoms with Gasteiger partial charge in [0, 0.05) is 17.6 Å². The van der Waals surface area contributed by atoms with Gasteiger partial charge >= 0.3 is 0 Å².